The van der Waals surface area contributed by atoms with Gasteiger partial charge in [-0.05, 0) is 36.2 Å². The van der Waals surface area contributed by atoms with E-state index < -0.39 is 0 Å². The molecule has 3 nitrogen and oxygen atoms in total. The molecule has 2 rings (SSSR count). The van der Waals surface area contributed by atoms with E-state index in [0.29, 0.717) is 5.56 Å². The van der Waals surface area contributed by atoms with Crippen LogP contribution in [0.25, 0.3) is 0 Å². The minimum Gasteiger partial charge on any atom is -0.318 e. The summed E-state index contributed by atoms with van der Waals surface area (Å²) in [6.07, 6.45) is 1.51. The third-order valence-electron chi connectivity index (χ3n) is 3.64. The van der Waals surface area contributed by atoms with E-state index >= 15 is 0 Å². The number of benzene rings is 2. The van der Waals surface area contributed by atoms with Gasteiger partial charge in [-0.1, -0.05) is 37.3 Å². The molecule has 2 aromatic rings. The van der Waals surface area contributed by atoms with E-state index in [4.69, 9.17) is 0 Å². The Kier molecular flexibility index (Phi) is 4.88. The molecule has 2 aromatic carbocycles. The highest BCUT2D eigenvalue weighted by Crippen LogP contribution is 2.25. The smallest absolute Gasteiger partial charge is 0.213 e. The molecule has 0 saturated heterocycles. The van der Waals surface area contributed by atoms with Gasteiger partial charge in [-0.2, -0.15) is 0 Å². The van der Waals surface area contributed by atoms with Crippen molar-refractivity contribution in [2.75, 3.05) is 11.9 Å². The van der Waals surface area contributed by atoms with Crippen LogP contribution in [0, 0.1) is 0 Å². The van der Waals surface area contributed by atoms with Crippen LogP contribution in [0.4, 0.5) is 5.69 Å². The Hall–Kier alpha value is -2.42. The topological polar surface area (TPSA) is 37.4 Å². The molecule has 1 unspecified atom stereocenters. The largest absolute Gasteiger partial charge is 0.318 e. The van der Waals surface area contributed by atoms with E-state index in [1.54, 1.807) is 31.3 Å². The van der Waals surface area contributed by atoms with Gasteiger partial charge in [0.25, 0.3) is 0 Å². The molecule has 0 radical (unpaired) electrons. The summed E-state index contributed by atoms with van der Waals surface area (Å²) in [5.41, 5.74) is 2.49. The number of hydrogen-bond acceptors (Lipinski definition) is 2. The van der Waals surface area contributed by atoms with E-state index in [2.05, 4.69) is 0 Å². The van der Waals surface area contributed by atoms with Crippen molar-refractivity contribution in [2.24, 2.45) is 0 Å². The molecule has 0 spiro atoms. The number of Topliss-reactive ketones (excluding diaryl/α,β-unsaturated/α-hetero) is 1. The molecule has 108 valence electrons. The number of carbonyl (C=O) groups is 2. The van der Waals surface area contributed by atoms with E-state index in [9.17, 15) is 9.59 Å². The highest BCUT2D eigenvalue weighted by Gasteiger charge is 2.20. The predicted molar refractivity (Wildman–Crippen MR) is 84.7 cm³/mol. The maximum Gasteiger partial charge on any atom is 0.213 e. The van der Waals surface area contributed by atoms with Crippen LogP contribution in [-0.4, -0.2) is 19.2 Å². The maximum absolute atomic E-state index is 12.6. The minimum absolute atomic E-state index is 0.115. The first-order valence-electron chi connectivity index (χ1n) is 7.04. The van der Waals surface area contributed by atoms with Crippen LogP contribution < -0.4 is 4.90 Å². The van der Waals surface area contributed by atoms with Crippen LogP contribution in [0.5, 0.6) is 0 Å². The maximum atomic E-state index is 12.6. The highest BCUT2D eigenvalue weighted by atomic mass is 16.1. The second-order valence-corrected chi connectivity index (χ2v) is 5.00. The molecule has 0 saturated carbocycles. The molecule has 3 heteroatoms. The van der Waals surface area contributed by atoms with Gasteiger partial charge in [0.05, 0.1) is 0 Å². The predicted octanol–water partition coefficient (Wildman–Crippen LogP) is 3.66. The zero-order valence-corrected chi connectivity index (χ0v) is 12.3. The first-order valence-corrected chi connectivity index (χ1v) is 7.04. The summed E-state index contributed by atoms with van der Waals surface area (Å²) in [4.78, 5) is 24.8. The first-order chi connectivity index (χ1) is 10.2. The van der Waals surface area contributed by atoms with Crippen molar-refractivity contribution >= 4 is 17.9 Å². The molecule has 0 heterocycles. The summed E-state index contributed by atoms with van der Waals surface area (Å²) in [6, 6.07) is 17.0. The lowest BCUT2D eigenvalue weighted by Crippen LogP contribution is -2.15. The summed E-state index contributed by atoms with van der Waals surface area (Å²) in [7, 11) is 1.68. The van der Waals surface area contributed by atoms with Crippen molar-refractivity contribution in [3.63, 3.8) is 0 Å². The van der Waals surface area contributed by atoms with Crippen LogP contribution >= 0.6 is 0 Å². The van der Waals surface area contributed by atoms with Gasteiger partial charge in [0.1, 0.15) is 0 Å². The Balaban J connectivity index is 2.24. The zero-order valence-electron chi connectivity index (χ0n) is 12.3. The fourth-order valence-electron chi connectivity index (χ4n) is 2.38. The van der Waals surface area contributed by atoms with Crippen LogP contribution in [0.2, 0.25) is 0 Å². The van der Waals surface area contributed by atoms with Crippen LogP contribution in [0.3, 0.4) is 0 Å². The third-order valence-corrected chi connectivity index (χ3v) is 3.64. The number of amides is 1. The number of nitrogens with zero attached hydrogens (tertiary/aromatic N) is 1. The molecule has 0 aliphatic rings. The molecule has 0 aliphatic heterocycles. The van der Waals surface area contributed by atoms with Gasteiger partial charge < -0.3 is 4.90 Å². The van der Waals surface area contributed by atoms with Crippen molar-refractivity contribution in [1.82, 2.24) is 0 Å². The Morgan fingerprint density at radius 1 is 1.10 bits per heavy atom. The lowest BCUT2D eigenvalue weighted by Gasteiger charge is -2.15. The average Bonchev–Trinajstić information content (AvgIpc) is 2.56. The average molecular weight is 281 g/mol. The molecule has 1 amide bonds. The van der Waals surface area contributed by atoms with Crippen molar-refractivity contribution in [1.29, 1.82) is 0 Å². The van der Waals surface area contributed by atoms with Crippen molar-refractivity contribution in [3.8, 4) is 0 Å². The first kappa shape index (κ1) is 15.0. The zero-order chi connectivity index (χ0) is 15.2. The van der Waals surface area contributed by atoms with Gasteiger partial charge in [0, 0.05) is 24.2 Å². The fourth-order valence-corrected chi connectivity index (χ4v) is 2.38. The van der Waals surface area contributed by atoms with E-state index in [0.717, 1.165) is 24.1 Å². The van der Waals surface area contributed by atoms with Crippen LogP contribution in [0.1, 0.15) is 35.2 Å². The number of rotatable bonds is 6. The molecule has 0 bridgehead atoms. The molecule has 0 N–H and O–H groups in total. The second-order valence-electron chi connectivity index (χ2n) is 5.00. The van der Waals surface area contributed by atoms with Crippen molar-refractivity contribution in [2.45, 2.75) is 19.3 Å². The summed E-state index contributed by atoms with van der Waals surface area (Å²) in [5.74, 6) is -0.00939. The summed E-state index contributed by atoms with van der Waals surface area (Å²) in [6.45, 7) is 2.02. The van der Waals surface area contributed by atoms with Crippen molar-refractivity contribution < 1.29 is 9.59 Å². The number of carbonyl (C=O) groups excluding carboxylic acids is 2. The Bertz CT molecular complexity index is 605. The number of anilines is 1. The Morgan fingerprint density at radius 3 is 2.24 bits per heavy atom. The molecule has 0 aliphatic carbocycles. The number of hydrogen-bond donors (Lipinski definition) is 0. The molecular weight excluding hydrogens is 262 g/mol. The molecular formula is C18H19NO2. The highest BCUT2D eigenvalue weighted by molar-refractivity contribution is 6.01. The van der Waals surface area contributed by atoms with Gasteiger partial charge in [0.2, 0.25) is 6.41 Å². The molecule has 1 atom stereocenters. The van der Waals surface area contributed by atoms with E-state index in [1.165, 1.54) is 4.90 Å². The SMILES string of the molecule is CCC(C(=O)c1ccc(N(C)C=O)cc1)c1ccccc1. The summed E-state index contributed by atoms with van der Waals surface area (Å²) < 4.78 is 0. The van der Waals surface area contributed by atoms with Gasteiger partial charge in [-0.25, -0.2) is 0 Å². The van der Waals surface area contributed by atoms with Crippen LogP contribution in [0.15, 0.2) is 54.6 Å². The van der Waals surface area contributed by atoms with E-state index in [1.807, 2.05) is 37.3 Å². The van der Waals surface area contributed by atoms with Gasteiger partial charge in [0.15, 0.2) is 5.78 Å². The minimum atomic E-state index is -0.124. The van der Waals surface area contributed by atoms with Gasteiger partial charge in [-0.15, -0.1) is 0 Å². The van der Waals surface area contributed by atoms with Crippen molar-refractivity contribution in [3.05, 3.63) is 65.7 Å². The summed E-state index contributed by atoms with van der Waals surface area (Å²) >= 11 is 0. The fraction of sp³-hybridized carbons (Fsp3) is 0.222. The van der Waals surface area contributed by atoms with E-state index in [-0.39, 0.29) is 11.7 Å². The monoisotopic (exact) mass is 281 g/mol. The lowest BCUT2D eigenvalue weighted by molar-refractivity contribution is -0.107. The molecule has 0 fully saturated rings. The normalized spacial score (nSPS) is 11.7. The lowest BCUT2D eigenvalue weighted by atomic mass is 9.88. The van der Waals surface area contributed by atoms with Gasteiger partial charge in [-0.3, -0.25) is 9.59 Å². The third kappa shape index (κ3) is 3.37. The van der Waals surface area contributed by atoms with Crippen LogP contribution in [-0.2, 0) is 4.79 Å². The second kappa shape index (κ2) is 6.84. The Morgan fingerprint density at radius 2 is 1.71 bits per heavy atom. The quantitative estimate of drug-likeness (QED) is 0.598. The Labute approximate surface area is 125 Å². The number of ketones is 1. The molecule has 0 aromatic heterocycles. The summed E-state index contributed by atoms with van der Waals surface area (Å²) in [5, 5.41) is 0. The molecule has 21 heavy (non-hydrogen) atoms. The standard InChI is InChI=1S/C18H19NO2/c1-3-17(14-7-5-4-6-8-14)18(21)15-9-11-16(12-10-15)19(2)13-20/h4-13,17H,3H2,1-2H3. The van der Waals surface area contributed by atoms with Gasteiger partial charge >= 0.3 is 0 Å².